The molecule has 0 aromatic rings. The first-order valence-corrected chi connectivity index (χ1v) is 9.10. The van der Waals surface area contributed by atoms with Crippen LogP contribution < -0.4 is 5.73 Å². The number of hydrogen-bond acceptors (Lipinski definition) is 4. The second-order valence-corrected chi connectivity index (χ2v) is 8.94. The van der Waals surface area contributed by atoms with Crippen molar-refractivity contribution in [1.82, 2.24) is 9.21 Å². The lowest BCUT2D eigenvalue weighted by Crippen LogP contribution is -2.60. The highest BCUT2D eigenvalue weighted by molar-refractivity contribution is 7.89. The van der Waals surface area contributed by atoms with E-state index < -0.39 is 21.0 Å². The minimum Gasteiger partial charge on any atom is -0.340 e. The zero-order valence-electron chi connectivity index (χ0n) is 13.8. The van der Waals surface area contributed by atoms with E-state index in [4.69, 9.17) is 5.73 Å². The Hall–Kier alpha value is -0.660. The Bertz CT molecular complexity index is 472. The van der Waals surface area contributed by atoms with Crippen LogP contribution in [0.2, 0.25) is 0 Å². The first-order valence-electron chi connectivity index (χ1n) is 7.49. The van der Waals surface area contributed by atoms with Crippen LogP contribution in [0, 0.1) is 5.41 Å². The van der Waals surface area contributed by atoms with Crippen molar-refractivity contribution in [3.05, 3.63) is 0 Å². The summed E-state index contributed by atoms with van der Waals surface area (Å²) in [5.41, 5.74) is 4.79. The molecule has 0 aliphatic carbocycles. The lowest BCUT2D eigenvalue weighted by molar-refractivity contribution is -0.144. The average molecular weight is 319 g/mol. The molecule has 1 amide bonds. The maximum Gasteiger partial charge on any atom is 0.230 e. The Morgan fingerprint density at radius 1 is 1.10 bits per heavy atom. The second kappa shape index (κ2) is 6.22. The van der Waals surface area contributed by atoms with E-state index >= 15 is 0 Å². The van der Waals surface area contributed by atoms with Crippen molar-refractivity contribution in [2.24, 2.45) is 11.1 Å². The van der Waals surface area contributed by atoms with E-state index in [1.807, 2.05) is 34.6 Å². The van der Waals surface area contributed by atoms with E-state index in [-0.39, 0.29) is 11.7 Å². The second-order valence-electron chi connectivity index (χ2n) is 6.85. The summed E-state index contributed by atoms with van der Waals surface area (Å²) in [4.78, 5) is 14.4. The predicted molar refractivity (Wildman–Crippen MR) is 84.3 cm³/mol. The van der Waals surface area contributed by atoms with Crippen molar-refractivity contribution in [1.29, 1.82) is 0 Å². The van der Waals surface area contributed by atoms with Gasteiger partial charge in [-0.2, -0.15) is 4.31 Å². The van der Waals surface area contributed by atoms with Gasteiger partial charge in [0.15, 0.2) is 0 Å². The highest BCUT2D eigenvalue weighted by atomic mass is 32.2. The van der Waals surface area contributed by atoms with Gasteiger partial charge in [-0.05, 0) is 34.1 Å². The Morgan fingerprint density at radius 2 is 1.57 bits per heavy atom. The molecule has 2 N–H and O–H groups in total. The number of amides is 1. The predicted octanol–water partition coefficient (Wildman–Crippen LogP) is 0.634. The molecule has 0 saturated carbocycles. The molecule has 1 saturated heterocycles. The van der Waals surface area contributed by atoms with Crippen LogP contribution >= 0.6 is 0 Å². The quantitative estimate of drug-likeness (QED) is 0.806. The third-order valence-corrected chi connectivity index (χ3v) is 6.60. The van der Waals surface area contributed by atoms with Gasteiger partial charge >= 0.3 is 0 Å². The summed E-state index contributed by atoms with van der Waals surface area (Å²) in [7, 11) is -3.18. The monoisotopic (exact) mass is 319 g/mol. The molecule has 0 spiro atoms. The maximum absolute atomic E-state index is 12.6. The van der Waals surface area contributed by atoms with Crippen molar-refractivity contribution >= 4 is 15.9 Å². The molecule has 6 nitrogen and oxygen atoms in total. The summed E-state index contributed by atoms with van der Waals surface area (Å²) >= 11 is 0. The van der Waals surface area contributed by atoms with Crippen molar-refractivity contribution in [3.63, 3.8) is 0 Å². The van der Waals surface area contributed by atoms with Gasteiger partial charge in [-0.1, -0.05) is 6.92 Å². The van der Waals surface area contributed by atoms with Crippen molar-refractivity contribution in [2.45, 2.75) is 46.6 Å². The van der Waals surface area contributed by atoms with Crippen LogP contribution in [0.4, 0.5) is 0 Å². The van der Waals surface area contributed by atoms with Gasteiger partial charge in [0.2, 0.25) is 15.9 Å². The average Bonchev–Trinajstić information content (AvgIpc) is 2.36. The number of sulfonamides is 1. The molecule has 0 aromatic heterocycles. The van der Waals surface area contributed by atoms with Gasteiger partial charge in [-0.3, -0.25) is 4.79 Å². The molecule has 1 fully saturated rings. The lowest BCUT2D eigenvalue weighted by Gasteiger charge is -2.43. The van der Waals surface area contributed by atoms with Gasteiger partial charge in [0.25, 0.3) is 0 Å². The van der Waals surface area contributed by atoms with Gasteiger partial charge < -0.3 is 10.6 Å². The smallest absolute Gasteiger partial charge is 0.230 e. The van der Waals surface area contributed by atoms with E-state index in [1.165, 1.54) is 4.31 Å². The largest absolute Gasteiger partial charge is 0.340 e. The van der Waals surface area contributed by atoms with Crippen LogP contribution in [0.1, 0.15) is 41.0 Å². The Kier molecular flexibility index (Phi) is 5.45. The number of carbonyl (C=O) groups is 1. The van der Waals surface area contributed by atoms with E-state index in [0.29, 0.717) is 32.6 Å². The molecule has 0 aromatic carbocycles. The van der Waals surface area contributed by atoms with Crippen molar-refractivity contribution in [3.8, 4) is 0 Å². The molecule has 0 bridgehead atoms. The van der Waals surface area contributed by atoms with Crippen molar-refractivity contribution < 1.29 is 13.2 Å². The van der Waals surface area contributed by atoms with Crippen LogP contribution in [-0.2, 0) is 14.8 Å². The van der Waals surface area contributed by atoms with E-state index in [9.17, 15) is 13.2 Å². The molecule has 21 heavy (non-hydrogen) atoms. The molecular formula is C14H29N3O3S. The highest BCUT2D eigenvalue weighted by Crippen LogP contribution is 2.31. The summed E-state index contributed by atoms with van der Waals surface area (Å²) in [6.07, 6.45) is 0.607. The number of nitrogens with two attached hydrogens (primary N) is 1. The Morgan fingerprint density at radius 3 is 1.95 bits per heavy atom. The van der Waals surface area contributed by atoms with E-state index in [1.54, 1.807) is 4.90 Å². The number of piperazine rings is 1. The van der Waals surface area contributed by atoms with Crippen molar-refractivity contribution in [2.75, 3.05) is 31.9 Å². The Balaban J connectivity index is 2.72. The fourth-order valence-electron chi connectivity index (χ4n) is 2.23. The molecule has 1 heterocycles. The number of rotatable bonds is 5. The summed E-state index contributed by atoms with van der Waals surface area (Å²) in [6.45, 7) is 10.8. The molecular weight excluding hydrogens is 290 g/mol. The van der Waals surface area contributed by atoms with E-state index in [0.717, 1.165) is 0 Å². The summed E-state index contributed by atoms with van der Waals surface area (Å²) in [6, 6.07) is 0. The zero-order valence-corrected chi connectivity index (χ0v) is 14.7. The summed E-state index contributed by atoms with van der Waals surface area (Å²) in [5.74, 6) is 0.157. The molecule has 124 valence electrons. The van der Waals surface area contributed by atoms with Crippen LogP contribution in [-0.4, -0.2) is 61.0 Å². The molecule has 0 unspecified atom stereocenters. The fraction of sp³-hybridized carbons (Fsp3) is 0.929. The first kappa shape index (κ1) is 18.4. The fourth-order valence-corrected chi connectivity index (χ4v) is 3.72. The van der Waals surface area contributed by atoms with Gasteiger partial charge in [0.1, 0.15) is 0 Å². The number of carbonyl (C=O) groups excluding carboxylic acids is 1. The van der Waals surface area contributed by atoms with E-state index in [2.05, 4.69) is 0 Å². The minimum atomic E-state index is -3.18. The summed E-state index contributed by atoms with van der Waals surface area (Å²) < 4.78 is 25.5. The van der Waals surface area contributed by atoms with Crippen LogP contribution in [0.5, 0.6) is 0 Å². The lowest BCUT2D eigenvalue weighted by atomic mass is 9.74. The van der Waals surface area contributed by atoms with Crippen LogP contribution in [0.25, 0.3) is 0 Å². The molecule has 7 heteroatoms. The molecule has 1 rings (SSSR count). The minimum absolute atomic E-state index is 0.0115. The zero-order chi connectivity index (χ0) is 16.5. The van der Waals surface area contributed by atoms with Gasteiger partial charge in [0.05, 0.1) is 11.2 Å². The SMILES string of the molecule is CCCS(=O)(=O)N1CCN(C(=O)C(C)(C)C(C)(C)N)CC1. The topological polar surface area (TPSA) is 83.7 Å². The third-order valence-electron chi connectivity index (χ3n) is 4.53. The molecule has 0 radical (unpaired) electrons. The van der Waals surface area contributed by atoms with Gasteiger partial charge in [0, 0.05) is 31.7 Å². The number of nitrogens with zero attached hydrogens (tertiary/aromatic N) is 2. The number of hydrogen-bond donors (Lipinski definition) is 1. The molecule has 0 atom stereocenters. The highest BCUT2D eigenvalue weighted by Gasteiger charge is 2.43. The third kappa shape index (κ3) is 3.96. The molecule has 1 aliphatic rings. The standard InChI is InChI=1S/C14H29N3O3S/c1-6-11-21(19,20)17-9-7-16(8-10-17)12(18)13(2,3)14(4,5)15/h6-11,15H2,1-5H3. The first-order chi connectivity index (χ1) is 9.43. The van der Waals surface area contributed by atoms with Crippen LogP contribution in [0.3, 0.4) is 0 Å². The van der Waals surface area contributed by atoms with Crippen LogP contribution in [0.15, 0.2) is 0 Å². The Labute approximate surface area is 128 Å². The maximum atomic E-state index is 12.6. The summed E-state index contributed by atoms with van der Waals surface area (Å²) in [5, 5.41) is 0. The van der Waals surface area contributed by atoms with Gasteiger partial charge in [-0.25, -0.2) is 8.42 Å². The van der Waals surface area contributed by atoms with Gasteiger partial charge in [-0.15, -0.1) is 0 Å². The normalized spacial score (nSPS) is 18.9. The molecule has 1 aliphatic heterocycles.